The van der Waals surface area contributed by atoms with E-state index >= 15 is 0 Å². The zero-order chi connectivity index (χ0) is 17.8. The minimum Gasteiger partial charge on any atom is -0.506 e. The van der Waals surface area contributed by atoms with Crippen LogP contribution in [0.2, 0.25) is 0 Å². The number of para-hydroxylation sites is 2. The molecule has 0 amide bonds. The van der Waals surface area contributed by atoms with Crippen molar-refractivity contribution in [3.05, 3.63) is 83.9 Å². The number of rotatable bonds is 5. The number of aromatic hydroxyl groups is 1. The van der Waals surface area contributed by atoms with Crippen LogP contribution >= 0.6 is 0 Å². The summed E-state index contributed by atoms with van der Waals surface area (Å²) in [5.74, 6) is 0.241. The first-order valence-corrected chi connectivity index (χ1v) is 8.38. The molecule has 3 heteroatoms. The van der Waals surface area contributed by atoms with Crippen molar-refractivity contribution in [1.29, 1.82) is 0 Å². The monoisotopic (exact) mass is 331 g/mol. The summed E-state index contributed by atoms with van der Waals surface area (Å²) >= 11 is 0. The fourth-order valence-electron chi connectivity index (χ4n) is 2.81. The molecular formula is C22H21NO2. The number of phenols is 1. The van der Waals surface area contributed by atoms with Gasteiger partial charge in [-0.2, -0.15) is 0 Å². The molecular weight excluding hydrogens is 310 g/mol. The maximum Gasteiger partial charge on any atom is 0.159 e. The van der Waals surface area contributed by atoms with E-state index in [-0.39, 0.29) is 11.5 Å². The summed E-state index contributed by atoms with van der Waals surface area (Å²) in [5, 5.41) is 10.4. The Bertz CT molecular complexity index is 867. The summed E-state index contributed by atoms with van der Waals surface area (Å²) < 4.78 is 0. The standard InChI is InChI=1S/C22H21NO2/c1-3-17-8-12-19(13-9-17)23(21-6-4-5-7-22(21)25)20-14-10-18(11-15-20)16(2)24/h4-15,25H,3H2,1-2H3. The van der Waals surface area contributed by atoms with E-state index in [4.69, 9.17) is 0 Å². The minimum absolute atomic E-state index is 0.0351. The molecule has 0 aliphatic heterocycles. The zero-order valence-corrected chi connectivity index (χ0v) is 14.4. The Kier molecular flexibility index (Phi) is 4.85. The Morgan fingerprint density at radius 3 is 1.96 bits per heavy atom. The van der Waals surface area contributed by atoms with E-state index in [2.05, 4.69) is 19.1 Å². The van der Waals surface area contributed by atoms with E-state index < -0.39 is 0 Å². The van der Waals surface area contributed by atoms with Gasteiger partial charge in [-0.25, -0.2) is 0 Å². The van der Waals surface area contributed by atoms with Crippen molar-refractivity contribution in [3.8, 4) is 5.75 Å². The number of benzene rings is 3. The molecule has 0 saturated carbocycles. The van der Waals surface area contributed by atoms with Crippen LogP contribution in [0, 0.1) is 0 Å². The SMILES string of the molecule is CCc1ccc(N(c2ccc(C(C)=O)cc2)c2ccccc2O)cc1. The molecule has 0 atom stereocenters. The zero-order valence-electron chi connectivity index (χ0n) is 14.4. The summed E-state index contributed by atoms with van der Waals surface area (Å²) in [6.45, 7) is 3.68. The Hall–Kier alpha value is -3.07. The number of ketones is 1. The third-order valence-electron chi connectivity index (χ3n) is 4.26. The minimum atomic E-state index is 0.0351. The van der Waals surface area contributed by atoms with Crippen LogP contribution in [0.3, 0.4) is 0 Å². The first-order chi connectivity index (χ1) is 12.1. The van der Waals surface area contributed by atoms with E-state index in [9.17, 15) is 9.90 Å². The molecule has 3 aromatic rings. The molecule has 3 nitrogen and oxygen atoms in total. The number of Topliss-reactive ketones (excluding diaryl/α,β-unsaturated/α-hetero) is 1. The number of hydrogen-bond donors (Lipinski definition) is 1. The van der Waals surface area contributed by atoms with Crippen LogP contribution in [0.5, 0.6) is 5.75 Å². The fourth-order valence-corrected chi connectivity index (χ4v) is 2.81. The van der Waals surface area contributed by atoms with Crippen LogP contribution in [0.1, 0.15) is 29.8 Å². The predicted molar refractivity (Wildman–Crippen MR) is 102 cm³/mol. The van der Waals surface area contributed by atoms with Crippen LogP contribution < -0.4 is 4.90 Å². The largest absolute Gasteiger partial charge is 0.506 e. The van der Waals surface area contributed by atoms with Crippen molar-refractivity contribution in [3.63, 3.8) is 0 Å². The van der Waals surface area contributed by atoms with Gasteiger partial charge in [0.2, 0.25) is 0 Å². The van der Waals surface area contributed by atoms with Gasteiger partial charge in [0, 0.05) is 16.9 Å². The average molecular weight is 331 g/mol. The Morgan fingerprint density at radius 2 is 1.44 bits per heavy atom. The van der Waals surface area contributed by atoms with Gasteiger partial charge in [-0.1, -0.05) is 31.2 Å². The number of aryl methyl sites for hydroxylation is 1. The smallest absolute Gasteiger partial charge is 0.159 e. The molecule has 0 saturated heterocycles. The van der Waals surface area contributed by atoms with Gasteiger partial charge >= 0.3 is 0 Å². The first-order valence-electron chi connectivity index (χ1n) is 8.38. The van der Waals surface area contributed by atoms with Crippen molar-refractivity contribution in [2.75, 3.05) is 4.90 Å². The highest BCUT2D eigenvalue weighted by atomic mass is 16.3. The number of phenolic OH excluding ortho intramolecular Hbond substituents is 1. The lowest BCUT2D eigenvalue weighted by molar-refractivity contribution is 0.101. The van der Waals surface area contributed by atoms with Gasteiger partial charge in [0.15, 0.2) is 5.78 Å². The topological polar surface area (TPSA) is 40.5 Å². The third-order valence-corrected chi connectivity index (χ3v) is 4.26. The molecule has 0 radical (unpaired) electrons. The lowest BCUT2D eigenvalue weighted by Gasteiger charge is -2.26. The lowest BCUT2D eigenvalue weighted by Crippen LogP contribution is -2.10. The van der Waals surface area contributed by atoms with Crippen molar-refractivity contribution in [2.24, 2.45) is 0 Å². The van der Waals surface area contributed by atoms with E-state index in [1.807, 2.05) is 53.4 Å². The summed E-state index contributed by atoms with van der Waals surface area (Å²) in [6.07, 6.45) is 0.976. The summed E-state index contributed by atoms with van der Waals surface area (Å²) in [7, 11) is 0. The number of anilines is 3. The predicted octanol–water partition coefficient (Wildman–Crippen LogP) is 5.63. The maximum absolute atomic E-state index is 11.5. The maximum atomic E-state index is 11.5. The molecule has 0 fully saturated rings. The van der Waals surface area contributed by atoms with Gasteiger partial charge in [0.05, 0.1) is 5.69 Å². The van der Waals surface area contributed by atoms with Crippen LogP contribution in [0.25, 0.3) is 0 Å². The van der Waals surface area contributed by atoms with E-state index in [0.29, 0.717) is 11.3 Å². The molecule has 3 aromatic carbocycles. The highest BCUT2D eigenvalue weighted by Crippen LogP contribution is 2.39. The molecule has 0 aliphatic rings. The van der Waals surface area contributed by atoms with Gasteiger partial charge in [0.25, 0.3) is 0 Å². The molecule has 0 spiro atoms. The second-order valence-corrected chi connectivity index (χ2v) is 5.95. The molecule has 0 heterocycles. The van der Waals surface area contributed by atoms with Gasteiger partial charge < -0.3 is 10.0 Å². The molecule has 0 aliphatic carbocycles. The quantitative estimate of drug-likeness (QED) is 0.616. The highest BCUT2D eigenvalue weighted by Gasteiger charge is 2.15. The van der Waals surface area contributed by atoms with Gasteiger partial charge in [0.1, 0.15) is 5.75 Å². The number of hydrogen-bond acceptors (Lipinski definition) is 3. The van der Waals surface area contributed by atoms with Gasteiger partial charge in [-0.3, -0.25) is 4.79 Å². The number of carbonyl (C=O) groups excluding carboxylic acids is 1. The van der Waals surface area contributed by atoms with Crippen molar-refractivity contribution >= 4 is 22.8 Å². The molecule has 3 rings (SSSR count). The number of carbonyl (C=O) groups is 1. The van der Waals surface area contributed by atoms with Crippen LogP contribution in [-0.2, 0) is 6.42 Å². The van der Waals surface area contributed by atoms with E-state index in [1.54, 1.807) is 19.1 Å². The van der Waals surface area contributed by atoms with Crippen LogP contribution in [-0.4, -0.2) is 10.9 Å². The van der Waals surface area contributed by atoms with Crippen molar-refractivity contribution in [2.45, 2.75) is 20.3 Å². The Labute approximate surface area is 148 Å². The summed E-state index contributed by atoms with van der Waals surface area (Å²) in [6, 6.07) is 22.9. The average Bonchev–Trinajstić information content (AvgIpc) is 2.64. The summed E-state index contributed by atoms with van der Waals surface area (Å²) in [5.41, 5.74) is 4.46. The Morgan fingerprint density at radius 1 is 0.880 bits per heavy atom. The highest BCUT2D eigenvalue weighted by molar-refractivity contribution is 5.94. The first kappa shape index (κ1) is 16.8. The molecule has 0 unspecified atom stereocenters. The van der Waals surface area contributed by atoms with Crippen molar-refractivity contribution < 1.29 is 9.90 Å². The van der Waals surface area contributed by atoms with Gasteiger partial charge in [-0.05, 0) is 67.4 Å². The molecule has 126 valence electrons. The second-order valence-electron chi connectivity index (χ2n) is 5.95. The molecule has 0 bridgehead atoms. The Balaban J connectivity index is 2.11. The van der Waals surface area contributed by atoms with Gasteiger partial charge in [-0.15, -0.1) is 0 Å². The molecule has 0 aromatic heterocycles. The van der Waals surface area contributed by atoms with Crippen LogP contribution in [0.15, 0.2) is 72.8 Å². The fraction of sp³-hybridized carbons (Fsp3) is 0.136. The number of nitrogens with zero attached hydrogens (tertiary/aromatic N) is 1. The van der Waals surface area contributed by atoms with Crippen LogP contribution in [0.4, 0.5) is 17.1 Å². The summed E-state index contributed by atoms with van der Waals surface area (Å²) in [4.78, 5) is 13.5. The normalized spacial score (nSPS) is 10.5. The molecule has 25 heavy (non-hydrogen) atoms. The molecule has 1 N–H and O–H groups in total. The van der Waals surface area contributed by atoms with Crippen molar-refractivity contribution in [1.82, 2.24) is 0 Å². The lowest BCUT2D eigenvalue weighted by atomic mass is 10.1. The third kappa shape index (κ3) is 3.56. The van der Waals surface area contributed by atoms with E-state index in [0.717, 1.165) is 17.8 Å². The second kappa shape index (κ2) is 7.22. The van der Waals surface area contributed by atoms with E-state index in [1.165, 1.54) is 5.56 Å².